The third-order valence-corrected chi connectivity index (χ3v) is 15.5. The molecule has 0 unspecified atom stereocenters. The molecule has 0 atom stereocenters. The van der Waals surface area contributed by atoms with Gasteiger partial charge in [-0.1, -0.05) is 67.1 Å². The molecule has 9 aromatic rings. The van der Waals surface area contributed by atoms with Gasteiger partial charge >= 0.3 is 0 Å². The summed E-state index contributed by atoms with van der Waals surface area (Å²) in [4.78, 5) is 64.8. The normalized spacial score (nSPS) is 15.1. The first kappa shape index (κ1) is 54.9. The molecule has 0 spiro atoms. The fourth-order valence-corrected chi connectivity index (χ4v) is 10.9. The molecule has 414 valence electrons. The molecule has 7 heterocycles. The van der Waals surface area contributed by atoms with Crippen LogP contribution in [0.5, 0.6) is 0 Å². The zero-order valence-corrected chi connectivity index (χ0v) is 46.3. The molecular weight excluding hydrogens is 1020 g/mol. The summed E-state index contributed by atoms with van der Waals surface area (Å²) < 4.78 is 0. The van der Waals surface area contributed by atoms with Crippen molar-refractivity contribution in [3.8, 4) is 28.3 Å². The predicted octanol–water partition coefficient (Wildman–Crippen LogP) is 10.3. The maximum atomic E-state index is 12.5. The van der Waals surface area contributed by atoms with Crippen molar-refractivity contribution in [3.05, 3.63) is 193 Å². The lowest BCUT2D eigenvalue weighted by molar-refractivity contribution is -0.116. The standard InChI is InChI=1S/C33H29N7O.C33H39N7O/c34-20-25-4-1-3-24(17-25)18-33(41)37-29-9-6-27(7-10-29)28-8-11-30-31(19-28)38-32(22-36-30)40-15-13-39(14-16-40)23-26-5-2-12-35-21-26;41-33(7-5-17-38-15-2-1-3-16-38)36-29-11-8-27(9-12-29)28-10-13-30-31(22-28)37-32(24-35-30)40-20-18-39(19-21-40)25-26-6-4-14-34-23-26/h1-12,17,19,21-22H,13-16,18,23H2,(H,37,41);4,6,8-14,22-24H,1-3,5,7,15-21,25H2,(H,36,41). The summed E-state index contributed by atoms with van der Waals surface area (Å²) in [7, 11) is 0. The molecule has 3 fully saturated rings. The molecule has 3 aliphatic rings. The minimum absolute atomic E-state index is 0.0844. The van der Waals surface area contributed by atoms with Crippen LogP contribution in [0.25, 0.3) is 44.3 Å². The molecule has 0 radical (unpaired) electrons. The molecule has 3 aliphatic heterocycles. The van der Waals surface area contributed by atoms with Crippen LogP contribution in [0.3, 0.4) is 0 Å². The fraction of sp³-hybridized carbons (Fsp3) is 0.288. The first-order valence-electron chi connectivity index (χ1n) is 28.6. The number of pyridine rings is 2. The van der Waals surface area contributed by atoms with Crippen molar-refractivity contribution < 1.29 is 9.59 Å². The zero-order chi connectivity index (χ0) is 55.9. The number of aromatic nitrogens is 6. The number of benzene rings is 5. The van der Waals surface area contributed by atoms with Gasteiger partial charge in [0.1, 0.15) is 11.6 Å². The number of fused-ring (bicyclic) bond motifs is 2. The molecule has 2 N–H and O–H groups in total. The SMILES string of the molecule is N#Cc1cccc(CC(=O)Nc2ccc(-c3ccc4ncc(N5CCN(Cc6cccnc6)CC5)nc4c3)cc2)c1.O=C(CCCN1CCCCC1)Nc1ccc(-c2ccc3ncc(N4CCN(Cc5cccnc5)CC4)nc3c2)cc1. The first-order chi connectivity index (χ1) is 40.3. The zero-order valence-electron chi connectivity index (χ0n) is 46.3. The van der Waals surface area contributed by atoms with Crippen LogP contribution < -0.4 is 20.4 Å². The molecule has 3 saturated heterocycles. The molecule has 16 heteroatoms. The number of likely N-dealkylation sites (tertiary alicyclic amines) is 1. The average molecular weight is 1090 g/mol. The summed E-state index contributed by atoms with van der Waals surface area (Å²) in [6.07, 6.45) is 16.9. The van der Waals surface area contributed by atoms with E-state index in [1.807, 2.05) is 110 Å². The molecule has 5 aromatic carbocycles. The Bertz CT molecular complexity index is 3610. The monoisotopic (exact) mass is 1090 g/mol. The topological polar surface area (TPSA) is 176 Å². The average Bonchev–Trinajstić information content (AvgIpc) is 3.67. The Morgan fingerprint density at radius 1 is 0.476 bits per heavy atom. The van der Waals surface area contributed by atoms with Crippen LogP contribution in [0, 0.1) is 11.3 Å². The lowest BCUT2D eigenvalue weighted by Gasteiger charge is -2.35. The Morgan fingerprint density at radius 3 is 1.48 bits per heavy atom. The van der Waals surface area contributed by atoms with Crippen molar-refractivity contribution in [2.24, 2.45) is 0 Å². The number of nitriles is 1. The van der Waals surface area contributed by atoms with Crippen molar-refractivity contribution in [1.82, 2.24) is 44.6 Å². The van der Waals surface area contributed by atoms with Crippen LogP contribution in [0.4, 0.5) is 23.0 Å². The summed E-state index contributed by atoms with van der Waals surface area (Å²) in [6.45, 7) is 12.7. The van der Waals surface area contributed by atoms with Gasteiger partial charge in [0.25, 0.3) is 0 Å². The van der Waals surface area contributed by atoms with Gasteiger partial charge in [0.15, 0.2) is 0 Å². The highest BCUT2D eigenvalue weighted by Gasteiger charge is 2.21. The van der Waals surface area contributed by atoms with Crippen LogP contribution in [0.2, 0.25) is 0 Å². The van der Waals surface area contributed by atoms with Crippen molar-refractivity contribution in [2.45, 2.75) is 51.6 Å². The number of rotatable bonds is 16. The summed E-state index contributed by atoms with van der Waals surface area (Å²) in [6, 6.07) is 45.6. The summed E-state index contributed by atoms with van der Waals surface area (Å²) in [5.41, 5.74) is 13.1. The van der Waals surface area contributed by atoms with Crippen LogP contribution in [0.1, 0.15) is 54.4 Å². The second kappa shape index (κ2) is 27.0. The number of piperidine rings is 1. The van der Waals surface area contributed by atoms with Crippen LogP contribution in [-0.4, -0.2) is 128 Å². The van der Waals surface area contributed by atoms with E-state index in [0.29, 0.717) is 12.0 Å². The van der Waals surface area contributed by atoms with Crippen LogP contribution >= 0.6 is 0 Å². The first-order valence-corrected chi connectivity index (χ1v) is 28.6. The van der Waals surface area contributed by atoms with E-state index in [4.69, 9.17) is 20.2 Å². The van der Waals surface area contributed by atoms with Gasteiger partial charge in [0.2, 0.25) is 11.8 Å². The van der Waals surface area contributed by atoms with Gasteiger partial charge < -0.3 is 25.3 Å². The van der Waals surface area contributed by atoms with Crippen molar-refractivity contribution >= 4 is 56.9 Å². The van der Waals surface area contributed by atoms with E-state index >= 15 is 0 Å². The lowest BCUT2D eigenvalue weighted by Crippen LogP contribution is -2.46. The number of hydrogen-bond acceptors (Lipinski definition) is 14. The Balaban J connectivity index is 0.000000172. The third-order valence-electron chi connectivity index (χ3n) is 15.5. The highest BCUT2D eigenvalue weighted by molar-refractivity contribution is 5.93. The molecule has 16 nitrogen and oxygen atoms in total. The lowest BCUT2D eigenvalue weighted by atomic mass is 10.0. The summed E-state index contributed by atoms with van der Waals surface area (Å²) >= 11 is 0. The third kappa shape index (κ3) is 14.9. The van der Waals surface area contributed by atoms with Gasteiger partial charge in [0, 0.05) is 108 Å². The largest absolute Gasteiger partial charge is 0.353 e. The van der Waals surface area contributed by atoms with E-state index in [1.165, 1.54) is 43.5 Å². The minimum atomic E-state index is -0.126. The van der Waals surface area contributed by atoms with Crippen molar-refractivity contribution in [1.29, 1.82) is 5.26 Å². The van der Waals surface area contributed by atoms with E-state index in [1.54, 1.807) is 18.2 Å². The number of hydrogen-bond donors (Lipinski definition) is 2. The van der Waals surface area contributed by atoms with Gasteiger partial charge in [-0.05, 0) is 151 Å². The number of carbonyl (C=O) groups is 2. The van der Waals surface area contributed by atoms with E-state index < -0.39 is 0 Å². The number of nitrogens with one attached hydrogen (secondary N) is 2. The molecular formula is C66H68N14O2. The minimum Gasteiger partial charge on any atom is -0.353 e. The van der Waals surface area contributed by atoms with E-state index in [9.17, 15) is 9.59 Å². The van der Waals surface area contributed by atoms with Gasteiger partial charge in [-0.25, -0.2) is 9.97 Å². The number of anilines is 4. The summed E-state index contributed by atoms with van der Waals surface area (Å²) in [5, 5.41) is 15.1. The number of amides is 2. The fourth-order valence-electron chi connectivity index (χ4n) is 10.9. The maximum absolute atomic E-state index is 12.5. The number of carbonyl (C=O) groups excluding carboxylic acids is 2. The van der Waals surface area contributed by atoms with Gasteiger partial charge in [-0.15, -0.1) is 0 Å². The van der Waals surface area contributed by atoms with Crippen LogP contribution in [0.15, 0.2) is 171 Å². The quantitative estimate of drug-likeness (QED) is 0.0935. The van der Waals surface area contributed by atoms with Crippen LogP contribution in [-0.2, 0) is 29.1 Å². The number of piperazine rings is 2. The molecule has 2 amide bonds. The van der Waals surface area contributed by atoms with E-state index in [0.717, 1.165) is 151 Å². The second-order valence-corrected chi connectivity index (χ2v) is 21.4. The van der Waals surface area contributed by atoms with E-state index in [-0.39, 0.29) is 18.2 Å². The number of nitrogens with zero attached hydrogens (tertiary/aromatic N) is 12. The second-order valence-electron chi connectivity index (χ2n) is 21.4. The molecule has 0 bridgehead atoms. The van der Waals surface area contributed by atoms with Gasteiger partial charge in [0.05, 0.1) is 52.5 Å². The highest BCUT2D eigenvalue weighted by Crippen LogP contribution is 2.28. The highest BCUT2D eigenvalue weighted by atomic mass is 16.2. The Hall–Kier alpha value is -9.01. The smallest absolute Gasteiger partial charge is 0.228 e. The molecule has 0 saturated carbocycles. The Morgan fingerprint density at radius 2 is 0.976 bits per heavy atom. The van der Waals surface area contributed by atoms with Crippen molar-refractivity contribution in [3.63, 3.8) is 0 Å². The molecule has 82 heavy (non-hydrogen) atoms. The maximum Gasteiger partial charge on any atom is 0.228 e. The van der Waals surface area contributed by atoms with Crippen molar-refractivity contribution in [2.75, 3.05) is 92.4 Å². The predicted molar refractivity (Wildman–Crippen MR) is 325 cm³/mol. The van der Waals surface area contributed by atoms with Gasteiger partial charge in [-0.3, -0.25) is 39.3 Å². The Kier molecular flexibility index (Phi) is 18.1. The van der Waals surface area contributed by atoms with E-state index in [2.05, 4.69) is 98.6 Å². The summed E-state index contributed by atoms with van der Waals surface area (Å²) in [5.74, 6) is 1.78. The molecule has 4 aromatic heterocycles. The van der Waals surface area contributed by atoms with Gasteiger partial charge in [-0.2, -0.15) is 5.26 Å². The molecule has 0 aliphatic carbocycles. The molecule has 12 rings (SSSR count). The Labute approximate surface area is 479 Å².